The average molecular weight is 894 g/mol. The summed E-state index contributed by atoms with van der Waals surface area (Å²) in [5, 5.41) is 0. The summed E-state index contributed by atoms with van der Waals surface area (Å²) in [6.07, 6.45) is 0. The van der Waals surface area contributed by atoms with Gasteiger partial charge in [-0.1, -0.05) is 250 Å². The number of hydrogen-bond acceptors (Lipinski definition) is 3. The zero-order valence-electron chi connectivity index (χ0n) is 39.0. The molecule has 3 heteroatoms. The number of rotatable bonds is 7. The van der Waals surface area contributed by atoms with E-state index in [1.165, 1.54) is 72.3 Å². The molecule has 0 saturated heterocycles. The van der Waals surface area contributed by atoms with Gasteiger partial charge in [-0.3, -0.25) is 0 Å². The SMILES string of the molecule is CC1(C)c2ccccc2C2(c3ccc(-c4ccc(-c5ccccc5)cc4-c4ccccc4)cc3-c3c(-c4nc(-c5ccccc5)nc(-c5ccc(-c6ccccc6)cc5)n4)cccc32)c2ccccc21. The molecule has 70 heavy (non-hydrogen) atoms. The van der Waals surface area contributed by atoms with Gasteiger partial charge in [-0.05, 0) is 101 Å². The molecule has 0 fully saturated rings. The second-order valence-electron chi connectivity index (χ2n) is 19.1. The topological polar surface area (TPSA) is 38.7 Å². The number of hydrogen-bond donors (Lipinski definition) is 0. The Morgan fingerprint density at radius 3 is 1.26 bits per heavy atom. The summed E-state index contributed by atoms with van der Waals surface area (Å²) in [6.45, 7) is 4.75. The quantitative estimate of drug-likeness (QED) is 0.160. The fourth-order valence-corrected chi connectivity index (χ4v) is 11.6. The highest BCUT2D eigenvalue weighted by atomic mass is 15.0. The third-order valence-corrected chi connectivity index (χ3v) is 14.9. The fraction of sp³-hybridized carbons (Fsp3) is 0.0597. The highest BCUT2D eigenvalue weighted by Gasteiger charge is 2.54. The van der Waals surface area contributed by atoms with Gasteiger partial charge in [-0.2, -0.15) is 0 Å². The lowest BCUT2D eigenvalue weighted by atomic mass is 9.55. The normalized spacial score (nSPS) is 13.5. The summed E-state index contributed by atoms with van der Waals surface area (Å²) in [6, 6.07) is 90.0. The van der Waals surface area contributed by atoms with Crippen LogP contribution in [-0.4, -0.2) is 15.0 Å². The summed E-state index contributed by atoms with van der Waals surface area (Å²) < 4.78 is 0. The molecule has 0 unspecified atom stereocenters. The van der Waals surface area contributed by atoms with Crippen LogP contribution in [0.5, 0.6) is 0 Å². The standard InChI is InChI=1S/C67H47N3/c1-66(2)57-29-15-17-31-59(57)67(60-32-18-16-30-58(60)66)56-41-39-51(52-40-38-50(45-22-9-4-10-23-45)42-54(52)47-24-11-5-12-25-47)43-55(56)62-53(28-19-33-61(62)67)65-69-63(48-26-13-6-14-27-48)68-64(70-65)49-36-34-46(35-37-49)44-20-7-3-8-21-44/h3-43H,1-2H3. The summed E-state index contributed by atoms with van der Waals surface area (Å²) in [7, 11) is 0. The van der Waals surface area contributed by atoms with Crippen molar-refractivity contribution in [3.8, 4) is 89.8 Å². The minimum absolute atomic E-state index is 0.228. The van der Waals surface area contributed by atoms with E-state index in [4.69, 9.17) is 15.0 Å². The molecule has 0 radical (unpaired) electrons. The molecule has 0 aliphatic heterocycles. The van der Waals surface area contributed by atoms with Crippen molar-refractivity contribution >= 4 is 0 Å². The van der Waals surface area contributed by atoms with Gasteiger partial charge in [-0.25, -0.2) is 15.0 Å². The molecule has 13 rings (SSSR count). The van der Waals surface area contributed by atoms with Gasteiger partial charge < -0.3 is 0 Å². The van der Waals surface area contributed by atoms with Crippen molar-refractivity contribution in [3.05, 3.63) is 282 Å². The van der Waals surface area contributed by atoms with Crippen LogP contribution in [0.15, 0.2) is 249 Å². The van der Waals surface area contributed by atoms with Gasteiger partial charge in [0.1, 0.15) is 0 Å². The largest absolute Gasteiger partial charge is 0.208 e. The van der Waals surface area contributed by atoms with Crippen molar-refractivity contribution < 1.29 is 0 Å². The first-order chi connectivity index (χ1) is 34.5. The van der Waals surface area contributed by atoms with Crippen LogP contribution in [0.1, 0.15) is 47.2 Å². The summed E-state index contributed by atoms with van der Waals surface area (Å²) in [4.78, 5) is 16.1. The summed E-state index contributed by atoms with van der Waals surface area (Å²) in [5.41, 5.74) is 21.4. The van der Waals surface area contributed by atoms with Crippen LogP contribution in [0, 0.1) is 0 Å². The second-order valence-corrected chi connectivity index (χ2v) is 19.1. The predicted octanol–water partition coefficient (Wildman–Crippen LogP) is 16.5. The smallest absolute Gasteiger partial charge is 0.164 e. The number of benzene rings is 10. The molecular formula is C67H47N3. The van der Waals surface area contributed by atoms with E-state index >= 15 is 0 Å². The fourth-order valence-electron chi connectivity index (χ4n) is 11.6. The van der Waals surface area contributed by atoms with E-state index in [1.807, 2.05) is 18.2 Å². The zero-order chi connectivity index (χ0) is 46.8. The number of fused-ring (bicyclic) bond motifs is 9. The Morgan fingerprint density at radius 1 is 0.243 bits per heavy atom. The van der Waals surface area contributed by atoms with Crippen LogP contribution < -0.4 is 0 Å². The first-order valence-corrected chi connectivity index (χ1v) is 24.2. The monoisotopic (exact) mass is 893 g/mol. The maximum absolute atomic E-state index is 5.45. The highest BCUT2D eigenvalue weighted by molar-refractivity contribution is 5.98. The van der Waals surface area contributed by atoms with Crippen molar-refractivity contribution in [1.82, 2.24) is 15.0 Å². The van der Waals surface area contributed by atoms with Crippen molar-refractivity contribution in [1.29, 1.82) is 0 Å². The molecule has 1 heterocycles. The second kappa shape index (κ2) is 16.5. The third-order valence-electron chi connectivity index (χ3n) is 14.9. The Balaban J connectivity index is 1.09. The minimum atomic E-state index is -0.618. The molecule has 11 aromatic rings. The van der Waals surface area contributed by atoms with E-state index in [1.54, 1.807) is 0 Å². The van der Waals surface area contributed by atoms with Crippen molar-refractivity contribution in [3.63, 3.8) is 0 Å². The van der Waals surface area contributed by atoms with Crippen molar-refractivity contribution in [2.24, 2.45) is 0 Å². The molecular weight excluding hydrogens is 847 g/mol. The average Bonchev–Trinajstić information content (AvgIpc) is 3.74. The maximum atomic E-state index is 5.45. The molecule has 0 atom stereocenters. The van der Waals surface area contributed by atoms with Crippen LogP contribution in [0.4, 0.5) is 0 Å². The van der Waals surface area contributed by atoms with Crippen LogP contribution in [-0.2, 0) is 10.8 Å². The molecule has 3 nitrogen and oxygen atoms in total. The molecule has 2 aliphatic carbocycles. The Labute approximate surface area is 409 Å². The van der Waals surface area contributed by atoms with Gasteiger partial charge in [0.25, 0.3) is 0 Å². The zero-order valence-corrected chi connectivity index (χ0v) is 39.0. The van der Waals surface area contributed by atoms with Gasteiger partial charge in [0, 0.05) is 22.1 Å². The first kappa shape index (κ1) is 41.4. The molecule has 330 valence electrons. The molecule has 0 bridgehead atoms. The summed E-state index contributed by atoms with van der Waals surface area (Å²) >= 11 is 0. The van der Waals surface area contributed by atoms with Gasteiger partial charge in [0.05, 0.1) is 5.41 Å². The van der Waals surface area contributed by atoms with Crippen LogP contribution >= 0.6 is 0 Å². The molecule has 0 N–H and O–H groups in total. The van der Waals surface area contributed by atoms with Crippen LogP contribution in [0.3, 0.4) is 0 Å². The minimum Gasteiger partial charge on any atom is -0.208 e. The lowest BCUT2D eigenvalue weighted by molar-refractivity contribution is 0.563. The molecule has 2 aliphatic rings. The van der Waals surface area contributed by atoms with Gasteiger partial charge in [-0.15, -0.1) is 0 Å². The van der Waals surface area contributed by atoms with Crippen molar-refractivity contribution in [2.75, 3.05) is 0 Å². The molecule has 0 amide bonds. The van der Waals surface area contributed by atoms with E-state index < -0.39 is 5.41 Å². The van der Waals surface area contributed by atoms with E-state index in [2.05, 4.69) is 244 Å². The molecule has 1 spiro atoms. The highest BCUT2D eigenvalue weighted by Crippen LogP contribution is 2.63. The number of nitrogens with zero attached hydrogens (tertiary/aromatic N) is 3. The summed E-state index contributed by atoms with van der Waals surface area (Å²) in [5.74, 6) is 1.90. The van der Waals surface area contributed by atoms with E-state index in [0.29, 0.717) is 17.5 Å². The maximum Gasteiger partial charge on any atom is 0.164 e. The van der Waals surface area contributed by atoms with E-state index in [-0.39, 0.29) is 5.41 Å². The van der Waals surface area contributed by atoms with Gasteiger partial charge >= 0.3 is 0 Å². The Morgan fingerprint density at radius 2 is 0.657 bits per heavy atom. The van der Waals surface area contributed by atoms with E-state index in [9.17, 15) is 0 Å². The third kappa shape index (κ3) is 6.54. The number of aromatic nitrogens is 3. The van der Waals surface area contributed by atoms with Crippen LogP contribution in [0.2, 0.25) is 0 Å². The lowest BCUT2D eigenvalue weighted by Gasteiger charge is -2.46. The van der Waals surface area contributed by atoms with Gasteiger partial charge in [0.15, 0.2) is 17.5 Å². The Hall–Kier alpha value is -8.79. The van der Waals surface area contributed by atoms with Crippen LogP contribution in [0.25, 0.3) is 89.8 Å². The van der Waals surface area contributed by atoms with Crippen molar-refractivity contribution in [2.45, 2.75) is 24.7 Å². The molecule has 0 saturated carbocycles. The Kier molecular flexibility index (Phi) is 9.74. The van der Waals surface area contributed by atoms with E-state index in [0.717, 1.165) is 33.4 Å². The molecule has 10 aromatic carbocycles. The Bertz CT molecular complexity index is 3720. The van der Waals surface area contributed by atoms with Gasteiger partial charge in [0.2, 0.25) is 0 Å². The first-order valence-electron chi connectivity index (χ1n) is 24.2. The molecule has 1 aromatic heterocycles. The lowest BCUT2D eigenvalue weighted by Crippen LogP contribution is -2.40. The predicted molar refractivity (Wildman–Crippen MR) is 287 cm³/mol.